The first-order chi connectivity index (χ1) is 10.2. The molecule has 2 heterocycles. The van der Waals surface area contributed by atoms with Crippen molar-refractivity contribution in [3.05, 3.63) is 29.8 Å². The lowest BCUT2D eigenvalue weighted by molar-refractivity contribution is -0.135. The van der Waals surface area contributed by atoms with Crippen LogP contribution in [0.25, 0.3) is 0 Å². The second kappa shape index (κ2) is 6.03. The Labute approximate surface area is 124 Å². The van der Waals surface area contributed by atoms with Gasteiger partial charge < -0.3 is 20.5 Å². The summed E-state index contributed by atoms with van der Waals surface area (Å²) in [5, 5.41) is 3.55. The van der Waals surface area contributed by atoms with Crippen molar-refractivity contribution < 1.29 is 14.3 Å². The number of ether oxygens (including phenoxy) is 2. The van der Waals surface area contributed by atoms with E-state index in [-0.39, 0.29) is 5.60 Å². The van der Waals surface area contributed by atoms with Crippen molar-refractivity contribution in [1.29, 1.82) is 0 Å². The highest BCUT2D eigenvalue weighted by atomic mass is 16.5. The summed E-state index contributed by atoms with van der Waals surface area (Å²) in [5.41, 5.74) is 6.80. The van der Waals surface area contributed by atoms with E-state index >= 15 is 0 Å². The summed E-state index contributed by atoms with van der Waals surface area (Å²) < 4.78 is 11.5. The molecule has 0 aromatic heterocycles. The van der Waals surface area contributed by atoms with E-state index in [2.05, 4.69) is 5.32 Å². The Hall–Kier alpha value is -1.59. The van der Waals surface area contributed by atoms with Crippen LogP contribution >= 0.6 is 0 Å². The van der Waals surface area contributed by atoms with Crippen LogP contribution in [0.2, 0.25) is 0 Å². The number of hydrogen-bond acceptors (Lipinski definition) is 4. The summed E-state index contributed by atoms with van der Waals surface area (Å²) >= 11 is 0. The average Bonchev–Trinajstić information content (AvgIpc) is 2.49. The molecule has 2 fully saturated rings. The van der Waals surface area contributed by atoms with E-state index in [1.165, 1.54) is 0 Å². The molecule has 1 atom stereocenters. The molecule has 114 valence electrons. The third-order valence-corrected chi connectivity index (χ3v) is 4.44. The first-order valence-corrected chi connectivity index (χ1v) is 7.55. The quantitative estimate of drug-likeness (QED) is 0.892. The van der Waals surface area contributed by atoms with Crippen molar-refractivity contribution in [3.63, 3.8) is 0 Å². The number of carbonyl (C=O) groups is 1. The summed E-state index contributed by atoms with van der Waals surface area (Å²) in [6, 6.07) is 7.73. The van der Waals surface area contributed by atoms with Gasteiger partial charge in [-0.1, -0.05) is 0 Å². The van der Waals surface area contributed by atoms with Gasteiger partial charge >= 0.3 is 0 Å². The Morgan fingerprint density at radius 2 is 1.90 bits per heavy atom. The maximum absolute atomic E-state index is 11.1. The largest absolute Gasteiger partial charge is 0.382 e. The molecule has 1 amide bonds. The normalized spacial score (nSPS) is 24.7. The molecule has 1 spiro atoms. The van der Waals surface area contributed by atoms with Crippen molar-refractivity contribution >= 4 is 11.6 Å². The zero-order valence-corrected chi connectivity index (χ0v) is 12.1. The van der Waals surface area contributed by atoms with Crippen LogP contribution < -0.4 is 11.1 Å². The van der Waals surface area contributed by atoms with Crippen LogP contribution in [-0.2, 0) is 9.47 Å². The first-order valence-electron chi connectivity index (χ1n) is 7.55. The molecule has 0 saturated carbocycles. The highest BCUT2D eigenvalue weighted by Crippen LogP contribution is 2.35. The molecule has 2 saturated heterocycles. The van der Waals surface area contributed by atoms with Crippen molar-refractivity contribution in [2.45, 2.75) is 37.3 Å². The van der Waals surface area contributed by atoms with Gasteiger partial charge in [-0.05, 0) is 49.9 Å². The summed E-state index contributed by atoms with van der Waals surface area (Å²) in [5.74, 6) is -0.395. The third-order valence-electron chi connectivity index (χ3n) is 4.44. The highest BCUT2D eigenvalue weighted by Gasteiger charge is 2.38. The van der Waals surface area contributed by atoms with Gasteiger partial charge in [-0.2, -0.15) is 0 Å². The topological polar surface area (TPSA) is 73.6 Å². The molecular weight excluding hydrogens is 268 g/mol. The van der Waals surface area contributed by atoms with E-state index in [0.717, 1.165) is 51.2 Å². The number of benzene rings is 1. The number of hydrogen-bond donors (Lipinski definition) is 2. The van der Waals surface area contributed by atoms with E-state index in [1.807, 2.05) is 12.1 Å². The van der Waals surface area contributed by atoms with E-state index in [4.69, 9.17) is 15.2 Å². The molecule has 0 bridgehead atoms. The molecule has 0 aliphatic carbocycles. The van der Waals surface area contributed by atoms with Gasteiger partial charge in [-0.25, -0.2) is 0 Å². The van der Waals surface area contributed by atoms with Crippen LogP contribution in [0.15, 0.2) is 24.3 Å². The minimum Gasteiger partial charge on any atom is -0.382 e. The second-order valence-electron chi connectivity index (χ2n) is 5.92. The van der Waals surface area contributed by atoms with E-state index in [9.17, 15) is 4.79 Å². The Morgan fingerprint density at radius 1 is 1.19 bits per heavy atom. The van der Waals surface area contributed by atoms with Gasteiger partial charge in [0.05, 0.1) is 5.60 Å². The lowest BCUT2D eigenvalue weighted by atomic mass is 9.84. The Morgan fingerprint density at radius 3 is 2.57 bits per heavy atom. The Kier molecular flexibility index (Phi) is 4.12. The molecule has 1 aromatic rings. The van der Waals surface area contributed by atoms with Gasteiger partial charge in [0, 0.05) is 37.1 Å². The van der Waals surface area contributed by atoms with Crippen LogP contribution in [-0.4, -0.2) is 37.4 Å². The first kappa shape index (κ1) is 14.4. The minimum atomic E-state index is -0.395. The van der Waals surface area contributed by atoms with Gasteiger partial charge in [0.15, 0.2) is 0 Å². The van der Waals surface area contributed by atoms with Crippen molar-refractivity contribution in [3.8, 4) is 0 Å². The van der Waals surface area contributed by atoms with E-state index < -0.39 is 5.91 Å². The summed E-state index contributed by atoms with van der Waals surface area (Å²) in [4.78, 5) is 11.1. The van der Waals surface area contributed by atoms with Crippen LogP contribution in [0.5, 0.6) is 0 Å². The van der Waals surface area contributed by atoms with Crippen molar-refractivity contribution in [2.24, 2.45) is 5.73 Å². The fourth-order valence-corrected chi connectivity index (χ4v) is 3.21. The Bertz CT molecular complexity index is 489. The minimum absolute atomic E-state index is 0.0126. The fraction of sp³-hybridized carbons (Fsp3) is 0.562. The molecule has 3 rings (SSSR count). The van der Waals surface area contributed by atoms with Gasteiger partial charge in [0.1, 0.15) is 0 Å². The second-order valence-corrected chi connectivity index (χ2v) is 5.92. The monoisotopic (exact) mass is 290 g/mol. The van der Waals surface area contributed by atoms with Crippen LogP contribution in [0.4, 0.5) is 5.69 Å². The number of nitrogens with two attached hydrogens (primary N) is 1. The number of rotatable bonds is 3. The number of anilines is 1. The molecule has 5 heteroatoms. The van der Waals surface area contributed by atoms with Gasteiger partial charge in [0.25, 0.3) is 0 Å². The summed E-state index contributed by atoms with van der Waals surface area (Å²) in [7, 11) is 0. The van der Waals surface area contributed by atoms with Crippen LogP contribution in [0.3, 0.4) is 0 Å². The van der Waals surface area contributed by atoms with E-state index in [1.54, 1.807) is 12.1 Å². The number of primary amides is 1. The van der Waals surface area contributed by atoms with E-state index in [0.29, 0.717) is 11.6 Å². The molecule has 3 N–H and O–H groups in total. The lowest BCUT2D eigenvalue weighted by Crippen LogP contribution is -2.47. The van der Waals surface area contributed by atoms with Gasteiger partial charge in [0.2, 0.25) is 5.91 Å². The molecule has 1 unspecified atom stereocenters. The number of amides is 1. The van der Waals surface area contributed by atoms with Crippen molar-refractivity contribution in [2.75, 3.05) is 25.1 Å². The molecule has 5 nitrogen and oxygen atoms in total. The molecule has 1 aromatic carbocycles. The predicted molar refractivity (Wildman–Crippen MR) is 80.3 cm³/mol. The molecule has 2 aliphatic heterocycles. The SMILES string of the molecule is NC(=O)c1ccc(NC2CCOC3(CCOCC3)C2)cc1. The standard InChI is InChI=1S/C16H22N2O3/c17-15(19)12-1-3-13(4-2-12)18-14-5-8-21-16(11-14)6-9-20-10-7-16/h1-4,14,18H,5-11H2,(H2,17,19). The molecule has 0 radical (unpaired) electrons. The smallest absolute Gasteiger partial charge is 0.248 e. The molecular formula is C16H22N2O3. The van der Waals surface area contributed by atoms with Crippen LogP contribution in [0.1, 0.15) is 36.0 Å². The zero-order chi connectivity index (χ0) is 14.7. The fourth-order valence-electron chi connectivity index (χ4n) is 3.21. The third kappa shape index (κ3) is 3.36. The van der Waals surface area contributed by atoms with Gasteiger partial charge in [-0.3, -0.25) is 4.79 Å². The molecule has 2 aliphatic rings. The van der Waals surface area contributed by atoms with Gasteiger partial charge in [-0.15, -0.1) is 0 Å². The predicted octanol–water partition coefficient (Wildman–Crippen LogP) is 1.93. The number of carbonyl (C=O) groups excluding carboxylic acids is 1. The van der Waals surface area contributed by atoms with Crippen LogP contribution in [0, 0.1) is 0 Å². The number of nitrogens with one attached hydrogen (secondary N) is 1. The summed E-state index contributed by atoms with van der Waals surface area (Å²) in [6.07, 6.45) is 3.96. The summed E-state index contributed by atoms with van der Waals surface area (Å²) in [6.45, 7) is 2.37. The maximum Gasteiger partial charge on any atom is 0.248 e. The maximum atomic E-state index is 11.1. The zero-order valence-electron chi connectivity index (χ0n) is 12.1. The highest BCUT2D eigenvalue weighted by molar-refractivity contribution is 5.93. The van der Waals surface area contributed by atoms with Crippen molar-refractivity contribution in [1.82, 2.24) is 0 Å². The average molecular weight is 290 g/mol. The lowest BCUT2D eigenvalue weighted by Gasteiger charge is -2.43. The Balaban J connectivity index is 1.62. The molecule has 21 heavy (non-hydrogen) atoms.